The third-order valence-corrected chi connectivity index (χ3v) is 4.33. The van der Waals surface area contributed by atoms with E-state index in [2.05, 4.69) is 5.43 Å². The average molecular weight is 314 g/mol. The number of nitrogens with one attached hydrogen (secondary N) is 1. The molecule has 0 saturated carbocycles. The molecule has 23 heavy (non-hydrogen) atoms. The van der Waals surface area contributed by atoms with Crippen molar-refractivity contribution >= 4 is 17.9 Å². The van der Waals surface area contributed by atoms with Crippen LogP contribution in [0.2, 0.25) is 0 Å². The van der Waals surface area contributed by atoms with Crippen molar-refractivity contribution in [3.05, 3.63) is 48.0 Å². The summed E-state index contributed by atoms with van der Waals surface area (Å²) in [4.78, 5) is 36.5. The number of amides is 3. The molecule has 2 saturated heterocycles. The van der Waals surface area contributed by atoms with Gasteiger partial charge in [-0.05, 0) is 5.56 Å². The van der Waals surface area contributed by atoms with Crippen LogP contribution in [0, 0.1) is 11.8 Å². The van der Waals surface area contributed by atoms with Crippen LogP contribution in [0.3, 0.4) is 0 Å². The van der Waals surface area contributed by atoms with E-state index in [0.29, 0.717) is 0 Å². The van der Waals surface area contributed by atoms with Crippen molar-refractivity contribution in [1.29, 1.82) is 0 Å². The Kier molecular flexibility index (Phi) is 3.16. The summed E-state index contributed by atoms with van der Waals surface area (Å²) in [5.41, 5.74) is 3.05. The van der Waals surface area contributed by atoms with Crippen LogP contribution < -0.4 is 5.43 Å². The molecule has 3 heterocycles. The van der Waals surface area contributed by atoms with Crippen LogP contribution in [0.4, 0.5) is 4.79 Å². The zero-order chi connectivity index (χ0) is 16.0. The van der Waals surface area contributed by atoms with Gasteiger partial charge in [-0.2, -0.15) is 5.01 Å². The summed E-state index contributed by atoms with van der Waals surface area (Å²) in [7, 11) is 0. The molecule has 3 amide bonds. The largest absolute Gasteiger partial charge is 0.443 e. The first-order chi connectivity index (χ1) is 11.1. The fourth-order valence-electron chi connectivity index (χ4n) is 3.26. The highest BCUT2D eigenvalue weighted by Crippen LogP contribution is 2.44. The van der Waals surface area contributed by atoms with Crippen LogP contribution in [-0.4, -0.2) is 35.1 Å². The lowest BCUT2D eigenvalue weighted by molar-refractivity contribution is -0.145. The van der Waals surface area contributed by atoms with Crippen LogP contribution in [0.25, 0.3) is 0 Å². The lowest BCUT2D eigenvalue weighted by atomic mass is 9.85. The zero-order valence-corrected chi connectivity index (χ0v) is 12.0. The summed E-state index contributed by atoms with van der Waals surface area (Å²) in [6.07, 6.45) is 1.97. The number of nitrogens with zero attached hydrogens (tertiary/aromatic N) is 1. The molecule has 2 bridgehead atoms. The molecule has 0 aromatic heterocycles. The predicted octanol–water partition coefficient (Wildman–Crippen LogP) is 0.766. The average Bonchev–Trinajstić information content (AvgIpc) is 3.24. The van der Waals surface area contributed by atoms with Gasteiger partial charge in [-0.25, -0.2) is 10.2 Å². The third-order valence-electron chi connectivity index (χ3n) is 4.33. The Morgan fingerprint density at radius 3 is 2.30 bits per heavy atom. The van der Waals surface area contributed by atoms with Crippen LogP contribution in [0.1, 0.15) is 5.56 Å². The van der Waals surface area contributed by atoms with Gasteiger partial charge in [0.25, 0.3) is 11.8 Å². The third kappa shape index (κ3) is 2.20. The first kappa shape index (κ1) is 14.0. The molecule has 7 nitrogen and oxygen atoms in total. The van der Waals surface area contributed by atoms with Crippen molar-refractivity contribution in [2.45, 2.75) is 18.8 Å². The van der Waals surface area contributed by atoms with Crippen molar-refractivity contribution in [3.8, 4) is 0 Å². The molecule has 0 spiro atoms. The molecule has 0 aliphatic carbocycles. The highest BCUT2D eigenvalue weighted by atomic mass is 16.6. The van der Waals surface area contributed by atoms with Gasteiger partial charge in [0.1, 0.15) is 6.61 Å². The first-order valence-electron chi connectivity index (χ1n) is 7.34. The van der Waals surface area contributed by atoms with E-state index in [1.807, 2.05) is 30.3 Å². The SMILES string of the molecule is O=C(NN1C(=O)[C@@H]2[C@H](C1=O)[C@H]1C=C[C@@H]2O1)OCc1ccccc1. The normalized spacial score (nSPS) is 30.7. The monoisotopic (exact) mass is 314 g/mol. The fourth-order valence-corrected chi connectivity index (χ4v) is 3.26. The maximum absolute atomic E-state index is 12.3. The molecule has 3 aliphatic heterocycles. The van der Waals surface area contributed by atoms with E-state index < -0.39 is 29.7 Å². The number of hydrogen-bond acceptors (Lipinski definition) is 5. The van der Waals surface area contributed by atoms with Gasteiger partial charge in [-0.3, -0.25) is 9.59 Å². The number of hydrogen-bond donors (Lipinski definition) is 1. The van der Waals surface area contributed by atoms with Crippen molar-refractivity contribution in [3.63, 3.8) is 0 Å². The predicted molar refractivity (Wildman–Crippen MR) is 76.4 cm³/mol. The Bertz CT molecular complexity index is 672. The maximum Gasteiger partial charge on any atom is 0.426 e. The number of fused-ring (bicyclic) bond motifs is 5. The number of carbonyl (C=O) groups is 3. The van der Waals surface area contributed by atoms with E-state index in [-0.39, 0.29) is 18.8 Å². The molecule has 0 unspecified atom stereocenters. The van der Waals surface area contributed by atoms with Crippen LogP contribution >= 0.6 is 0 Å². The molecule has 2 fully saturated rings. The number of benzene rings is 1. The molecule has 4 rings (SSSR count). The van der Waals surface area contributed by atoms with Crippen LogP contribution in [-0.2, 0) is 25.7 Å². The van der Waals surface area contributed by atoms with E-state index in [1.54, 1.807) is 12.2 Å². The van der Waals surface area contributed by atoms with E-state index in [9.17, 15) is 14.4 Å². The highest BCUT2D eigenvalue weighted by molar-refractivity contribution is 6.07. The second kappa shape index (κ2) is 5.20. The number of carbonyl (C=O) groups excluding carboxylic acids is 3. The van der Waals surface area contributed by atoms with Crippen molar-refractivity contribution in [2.24, 2.45) is 11.8 Å². The van der Waals surface area contributed by atoms with Gasteiger partial charge in [0.15, 0.2) is 0 Å². The maximum atomic E-state index is 12.3. The molecule has 1 N–H and O–H groups in total. The summed E-state index contributed by atoms with van der Waals surface area (Å²) in [5, 5.41) is 0.762. The minimum atomic E-state index is -0.836. The van der Waals surface area contributed by atoms with Gasteiger partial charge in [0, 0.05) is 0 Å². The molecule has 4 atom stereocenters. The number of hydrazine groups is 1. The summed E-state index contributed by atoms with van der Waals surface area (Å²) in [5.74, 6) is -2.00. The number of imide groups is 1. The topological polar surface area (TPSA) is 84.9 Å². The quantitative estimate of drug-likeness (QED) is 0.658. The lowest BCUT2D eigenvalue weighted by Gasteiger charge is -2.17. The second-order valence-corrected chi connectivity index (χ2v) is 5.69. The fraction of sp³-hybridized carbons (Fsp3) is 0.312. The van der Waals surface area contributed by atoms with Gasteiger partial charge < -0.3 is 9.47 Å². The zero-order valence-electron chi connectivity index (χ0n) is 12.0. The lowest BCUT2D eigenvalue weighted by Crippen LogP contribution is -2.48. The standard InChI is InChI=1S/C16H14N2O5/c19-14-12-10-6-7-11(23-10)13(12)15(20)18(14)17-16(21)22-8-9-4-2-1-3-5-9/h1-7,10-13H,8H2,(H,17,21)/t10-,11+,12-,13+. The van der Waals surface area contributed by atoms with Crippen LogP contribution in [0.5, 0.6) is 0 Å². The molecule has 1 aromatic rings. The van der Waals surface area contributed by atoms with E-state index in [4.69, 9.17) is 9.47 Å². The molecular weight excluding hydrogens is 300 g/mol. The Morgan fingerprint density at radius 2 is 1.70 bits per heavy atom. The smallest absolute Gasteiger partial charge is 0.426 e. The molecule has 7 heteroatoms. The van der Waals surface area contributed by atoms with Crippen LogP contribution in [0.15, 0.2) is 42.5 Å². The second-order valence-electron chi connectivity index (χ2n) is 5.69. The highest BCUT2D eigenvalue weighted by Gasteiger charge is 2.61. The van der Waals surface area contributed by atoms with E-state index in [1.165, 1.54) is 0 Å². The minimum absolute atomic E-state index is 0.0612. The summed E-state index contributed by atoms with van der Waals surface area (Å²) in [6.45, 7) is 0.0612. The minimum Gasteiger partial charge on any atom is -0.443 e. The summed E-state index contributed by atoms with van der Waals surface area (Å²) >= 11 is 0. The van der Waals surface area contributed by atoms with Crippen molar-refractivity contribution in [1.82, 2.24) is 10.4 Å². The van der Waals surface area contributed by atoms with Gasteiger partial charge in [0.2, 0.25) is 0 Å². The number of rotatable bonds is 3. The molecule has 1 aromatic carbocycles. The first-order valence-corrected chi connectivity index (χ1v) is 7.34. The van der Waals surface area contributed by atoms with E-state index in [0.717, 1.165) is 10.6 Å². The summed E-state index contributed by atoms with van der Waals surface area (Å²) < 4.78 is 10.6. The Labute approximate surface area is 131 Å². The van der Waals surface area contributed by atoms with Gasteiger partial charge in [-0.15, -0.1) is 0 Å². The Morgan fingerprint density at radius 1 is 1.09 bits per heavy atom. The van der Waals surface area contributed by atoms with Gasteiger partial charge in [0.05, 0.1) is 24.0 Å². The Balaban J connectivity index is 1.39. The molecule has 118 valence electrons. The Hall–Kier alpha value is -2.67. The molecule has 3 aliphatic rings. The number of ether oxygens (including phenoxy) is 2. The molecule has 0 radical (unpaired) electrons. The molecular formula is C16H14N2O5. The van der Waals surface area contributed by atoms with Crippen molar-refractivity contribution < 1.29 is 23.9 Å². The summed E-state index contributed by atoms with van der Waals surface area (Å²) in [6, 6.07) is 9.13. The van der Waals surface area contributed by atoms with Gasteiger partial charge >= 0.3 is 6.09 Å². The van der Waals surface area contributed by atoms with Gasteiger partial charge in [-0.1, -0.05) is 42.5 Å². The van der Waals surface area contributed by atoms with E-state index >= 15 is 0 Å². The van der Waals surface area contributed by atoms with Crippen molar-refractivity contribution in [2.75, 3.05) is 0 Å².